The van der Waals surface area contributed by atoms with Gasteiger partial charge in [0.05, 0.1) is 0 Å². The van der Waals surface area contributed by atoms with Crippen molar-refractivity contribution in [1.82, 2.24) is 9.88 Å². The average Bonchev–Trinajstić information content (AvgIpc) is 2.35. The summed E-state index contributed by atoms with van der Waals surface area (Å²) in [5.41, 5.74) is 2.13. The fourth-order valence-corrected chi connectivity index (χ4v) is 2.18. The molecular weight excluding hydrogens is 236 g/mol. The molecule has 108 valence electrons. The van der Waals surface area contributed by atoms with Crippen LogP contribution in [0.4, 0.5) is 0 Å². The molecule has 0 saturated carbocycles. The van der Waals surface area contributed by atoms with Gasteiger partial charge in [0.2, 0.25) is 0 Å². The van der Waals surface area contributed by atoms with E-state index in [9.17, 15) is 4.79 Å². The number of aromatic nitrogens is 1. The molecule has 0 aliphatic rings. The van der Waals surface area contributed by atoms with Gasteiger partial charge in [0.1, 0.15) is 0 Å². The standard InChI is InChI=1S/C16H28N2O/c1-7-13(6)17-10-14-8-9-15(11(2)3)18(12(4)5)16(14)19/h8-9,11-13,17H,7,10H2,1-6H3. The first-order valence-electron chi connectivity index (χ1n) is 7.36. The first-order chi connectivity index (χ1) is 8.88. The lowest BCUT2D eigenvalue weighted by Gasteiger charge is -2.20. The molecule has 0 amide bonds. The molecule has 0 bridgehead atoms. The summed E-state index contributed by atoms with van der Waals surface area (Å²) >= 11 is 0. The van der Waals surface area contributed by atoms with E-state index in [0.29, 0.717) is 18.5 Å². The molecule has 0 fully saturated rings. The quantitative estimate of drug-likeness (QED) is 0.854. The third-order valence-electron chi connectivity index (χ3n) is 3.59. The SMILES string of the molecule is CCC(C)NCc1ccc(C(C)C)n(C(C)C)c1=O. The highest BCUT2D eigenvalue weighted by atomic mass is 16.1. The van der Waals surface area contributed by atoms with E-state index >= 15 is 0 Å². The molecule has 0 aromatic carbocycles. The lowest BCUT2D eigenvalue weighted by molar-refractivity contribution is 0.508. The van der Waals surface area contributed by atoms with Gasteiger partial charge in [0.25, 0.3) is 5.56 Å². The van der Waals surface area contributed by atoms with E-state index in [0.717, 1.165) is 17.7 Å². The maximum Gasteiger partial charge on any atom is 0.255 e. The molecule has 19 heavy (non-hydrogen) atoms. The van der Waals surface area contributed by atoms with Crippen molar-refractivity contribution in [3.8, 4) is 0 Å². The normalized spacial score (nSPS) is 13.3. The minimum absolute atomic E-state index is 0.150. The molecule has 1 N–H and O–H groups in total. The van der Waals surface area contributed by atoms with Crippen molar-refractivity contribution < 1.29 is 0 Å². The third kappa shape index (κ3) is 3.93. The summed E-state index contributed by atoms with van der Waals surface area (Å²) in [5.74, 6) is 0.367. The number of nitrogens with zero attached hydrogens (tertiary/aromatic N) is 1. The summed E-state index contributed by atoms with van der Waals surface area (Å²) < 4.78 is 1.93. The zero-order valence-electron chi connectivity index (χ0n) is 13.2. The summed E-state index contributed by atoms with van der Waals surface area (Å²) in [6, 6.07) is 4.72. The molecule has 0 saturated heterocycles. The second-order valence-electron chi connectivity index (χ2n) is 5.90. The minimum atomic E-state index is 0.150. The van der Waals surface area contributed by atoms with E-state index in [4.69, 9.17) is 0 Å². The van der Waals surface area contributed by atoms with Crippen LogP contribution < -0.4 is 10.9 Å². The fraction of sp³-hybridized carbons (Fsp3) is 0.688. The van der Waals surface area contributed by atoms with Crippen LogP contribution in [0, 0.1) is 0 Å². The van der Waals surface area contributed by atoms with E-state index in [2.05, 4.69) is 52.9 Å². The van der Waals surface area contributed by atoms with Gasteiger partial charge >= 0.3 is 0 Å². The Morgan fingerprint density at radius 1 is 1.16 bits per heavy atom. The Morgan fingerprint density at radius 3 is 2.26 bits per heavy atom. The summed E-state index contributed by atoms with van der Waals surface area (Å²) in [6.45, 7) is 13.3. The number of pyridine rings is 1. The van der Waals surface area contributed by atoms with E-state index in [1.54, 1.807) is 0 Å². The highest BCUT2D eigenvalue weighted by molar-refractivity contribution is 5.19. The highest BCUT2D eigenvalue weighted by Crippen LogP contribution is 2.17. The Morgan fingerprint density at radius 2 is 1.79 bits per heavy atom. The molecule has 3 heteroatoms. The molecule has 0 aliphatic heterocycles. The van der Waals surface area contributed by atoms with Crippen molar-refractivity contribution in [3.05, 3.63) is 33.7 Å². The summed E-state index contributed by atoms with van der Waals surface area (Å²) in [6.07, 6.45) is 1.07. The van der Waals surface area contributed by atoms with Gasteiger partial charge in [-0.2, -0.15) is 0 Å². The van der Waals surface area contributed by atoms with Crippen LogP contribution in [0.15, 0.2) is 16.9 Å². The molecule has 0 spiro atoms. The fourth-order valence-electron chi connectivity index (χ4n) is 2.18. The summed E-state index contributed by atoms with van der Waals surface area (Å²) in [5, 5.41) is 3.39. The lowest BCUT2D eigenvalue weighted by Crippen LogP contribution is -2.33. The molecule has 1 aromatic rings. The van der Waals surface area contributed by atoms with Gasteiger partial charge in [0, 0.05) is 29.9 Å². The molecule has 1 aromatic heterocycles. The number of hydrogen-bond acceptors (Lipinski definition) is 2. The van der Waals surface area contributed by atoms with Crippen LogP contribution in [0.5, 0.6) is 0 Å². The van der Waals surface area contributed by atoms with E-state index < -0.39 is 0 Å². The molecule has 1 rings (SSSR count). The molecule has 0 aliphatic carbocycles. The molecule has 1 unspecified atom stereocenters. The van der Waals surface area contributed by atoms with Crippen molar-refractivity contribution in [2.75, 3.05) is 0 Å². The van der Waals surface area contributed by atoms with Gasteiger partial charge in [-0.1, -0.05) is 26.8 Å². The van der Waals surface area contributed by atoms with E-state index in [1.165, 1.54) is 0 Å². The van der Waals surface area contributed by atoms with Crippen molar-refractivity contribution in [3.63, 3.8) is 0 Å². The van der Waals surface area contributed by atoms with Gasteiger partial charge in [-0.3, -0.25) is 4.79 Å². The first-order valence-corrected chi connectivity index (χ1v) is 7.36. The van der Waals surface area contributed by atoms with Crippen LogP contribution in [0.25, 0.3) is 0 Å². The van der Waals surface area contributed by atoms with Gasteiger partial charge in [-0.05, 0) is 39.2 Å². The molecule has 1 heterocycles. The number of rotatable bonds is 6. The lowest BCUT2D eigenvalue weighted by atomic mass is 10.1. The predicted octanol–water partition coefficient (Wildman–Crippen LogP) is 3.44. The van der Waals surface area contributed by atoms with Crippen LogP contribution in [0.1, 0.15) is 71.2 Å². The number of nitrogens with one attached hydrogen (secondary N) is 1. The second kappa shape index (κ2) is 6.90. The third-order valence-corrected chi connectivity index (χ3v) is 3.59. The van der Waals surface area contributed by atoms with Gasteiger partial charge in [-0.15, -0.1) is 0 Å². The van der Waals surface area contributed by atoms with E-state index in [-0.39, 0.29) is 11.6 Å². The van der Waals surface area contributed by atoms with Crippen molar-refractivity contribution in [1.29, 1.82) is 0 Å². The summed E-state index contributed by atoms with van der Waals surface area (Å²) in [4.78, 5) is 12.6. The Kier molecular flexibility index (Phi) is 5.80. The molecule has 1 atom stereocenters. The zero-order chi connectivity index (χ0) is 14.6. The molecular formula is C16H28N2O. The second-order valence-corrected chi connectivity index (χ2v) is 5.90. The smallest absolute Gasteiger partial charge is 0.255 e. The maximum atomic E-state index is 12.6. The van der Waals surface area contributed by atoms with Gasteiger partial charge < -0.3 is 9.88 Å². The van der Waals surface area contributed by atoms with Crippen molar-refractivity contribution >= 4 is 0 Å². The minimum Gasteiger partial charge on any atom is -0.310 e. The monoisotopic (exact) mass is 264 g/mol. The Balaban J connectivity index is 3.10. The zero-order valence-corrected chi connectivity index (χ0v) is 13.2. The van der Waals surface area contributed by atoms with Crippen molar-refractivity contribution in [2.45, 2.75) is 72.5 Å². The highest BCUT2D eigenvalue weighted by Gasteiger charge is 2.13. The van der Waals surface area contributed by atoms with Crippen LogP contribution in [0.2, 0.25) is 0 Å². The maximum absolute atomic E-state index is 12.6. The largest absolute Gasteiger partial charge is 0.310 e. The van der Waals surface area contributed by atoms with Gasteiger partial charge in [0.15, 0.2) is 0 Å². The number of hydrogen-bond donors (Lipinski definition) is 1. The summed E-state index contributed by atoms with van der Waals surface area (Å²) in [7, 11) is 0. The first kappa shape index (κ1) is 16.0. The topological polar surface area (TPSA) is 34.0 Å². The van der Waals surface area contributed by atoms with Gasteiger partial charge in [-0.25, -0.2) is 0 Å². The Labute approximate surface area is 117 Å². The van der Waals surface area contributed by atoms with Crippen LogP contribution in [0.3, 0.4) is 0 Å². The van der Waals surface area contributed by atoms with Crippen LogP contribution in [-0.2, 0) is 6.54 Å². The van der Waals surface area contributed by atoms with Crippen LogP contribution in [-0.4, -0.2) is 10.6 Å². The van der Waals surface area contributed by atoms with E-state index in [1.807, 2.05) is 10.6 Å². The molecule has 0 radical (unpaired) electrons. The van der Waals surface area contributed by atoms with Crippen molar-refractivity contribution in [2.24, 2.45) is 0 Å². The molecule has 3 nitrogen and oxygen atoms in total. The average molecular weight is 264 g/mol. The Bertz CT molecular complexity index is 460. The predicted molar refractivity (Wildman–Crippen MR) is 81.8 cm³/mol. The Hall–Kier alpha value is -1.09. The van der Waals surface area contributed by atoms with Crippen LogP contribution >= 0.6 is 0 Å².